The number of nitrogens with zero attached hydrogens (tertiary/aromatic N) is 3. The molecule has 4 unspecified atom stereocenters. The fraction of sp³-hybridized carbons (Fsp3) is 0.385. The number of aromatic amines is 1. The third kappa shape index (κ3) is 4.32. The summed E-state index contributed by atoms with van der Waals surface area (Å²) in [5.41, 5.74) is 2.79. The molecule has 7 nitrogen and oxygen atoms in total. The van der Waals surface area contributed by atoms with Crippen LogP contribution in [-0.4, -0.2) is 44.2 Å². The van der Waals surface area contributed by atoms with Gasteiger partial charge in [-0.05, 0) is 47.4 Å². The van der Waals surface area contributed by atoms with Crippen LogP contribution in [0.3, 0.4) is 0 Å². The monoisotopic (exact) mass is 461 g/mol. The summed E-state index contributed by atoms with van der Waals surface area (Å²) >= 11 is 0. The standard InChI is InChI=1S/C26H28FN5O2/c1-15(2)20-9-8-17(10-21(20)27)25(16-6-4-3-5-7-16)29-26(34)23-12-18-11-22(18)32(23)24(33)13-19-14-28-31-30-19/h3-10,14-15,18,22-23,25H,11-13H2,1-2H3,(H,29,34)(H,28,30,31). The van der Waals surface area contributed by atoms with Gasteiger partial charge in [0.25, 0.3) is 0 Å². The SMILES string of the molecule is CC(C)c1ccc(C(NC(=O)C2CC3CC3N2C(=O)Cc2cnn[nH]2)c2ccccc2)cc1F. The fourth-order valence-electron chi connectivity index (χ4n) is 5.04. The second-order valence-corrected chi connectivity index (χ2v) is 9.56. The average molecular weight is 462 g/mol. The highest BCUT2D eigenvalue weighted by molar-refractivity contribution is 5.90. The molecule has 1 saturated carbocycles. The van der Waals surface area contributed by atoms with E-state index in [1.54, 1.807) is 11.0 Å². The van der Waals surface area contributed by atoms with Gasteiger partial charge in [0.1, 0.15) is 11.9 Å². The van der Waals surface area contributed by atoms with Crippen molar-refractivity contribution in [1.82, 2.24) is 25.6 Å². The number of carbonyl (C=O) groups excluding carboxylic acids is 2. The van der Waals surface area contributed by atoms with Crippen molar-refractivity contribution in [3.8, 4) is 0 Å². The van der Waals surface area contributed by atoms with E-state index < -0.39 is 12.1 Å². The summed E-state index contributed by atoms with van der Waals surface area (Å²) in [5, 5.41) is 13.2. The van der Waals surface area contributed by atoms with Crippen molar-refractivity contribution in [1.29, 1.82) is 0 Å². The van der Waals surface area contributed by atoms with E-state index in [9.17, 15) is 14.0 Å². The fourth-order valence-corrected chi connectivity index (χ4v) is 5.04. The minimum Gasteiger partial charge on any atom is -0.343 e. The molecule has 176 valence electrons. The maximum atomic E-state index is 14.8. The van der Waals surface area contributed by atoms with Gasteiger partial charge < -0.3 is 10.2 Å². The molecule has 34 heavy (non-hydrogen) atoms. The lowest BCUT2D eigenvalue weighted by Gasteiger charge is -2.29. The first-order valence-electron chi connectivity index (χ1n) is 11.7. The Morgan fingerprint density at radius 2 is 1.94 bits per heavy atom. The lowest BCUT2D eigenvalue weighted by atomic mass is 9.94. The summed E-state index contributed by atoms with van der Waals surface area (Å²) in [6.07, 6.45) is 3.23. The highest BCUT2D eigenvalue weighted by Crippen LogP contribution is 2.48. The topological polar surface area (TPSA) is 91.0 Å². The summed E-state index contributed by atoms with van der Waals surface area (Å²) in [5.74, 6) is -0.189. The number of carbonyl (C=O) groups is 2. The van der Waals surface area contributed by atoms with Crippen LogP contribution in [0.1, 0.15) is 61.0 Å². The van der Waals surface area contributed by atoms with E-state index in [2.05, 4.69) is 20.7 Å². The number of piperidine rings is 1. The Morgan fingerprint density at radius 3 is 2.62 bits per heavy atom. The van der Waals surface area contributed by atoms with Crippen molar-refractivity contribution in [2.45, 2.75) is 57.2 Å². The van der Waals surface area contributed by atoms with Gasteiger partial charge in [-0.2, -0.15) is 0 Å². The number of hydrogen-bond acceptors (Lipinski definition) is 4. The molecule has 1 aliphatic carbocycles. The Labute approximate surface area is 197 Å². The first-order valence-corrected chi connectivity index (χ1v) is 11.7. The average Bonchev–Trinajstić information content (AvgIpc) is 3.21. The van der Waals surface area contributed by atoms with Gasteiger partial charge in [-0.1, -0.05) is 61.5 Å². The minimum atomic E-state index is -0.543. The predicted octanol–water partition coefficient (Wildman–Crippen LogP) is 3.50. The number of H-pyrrole nitrogens is 1. The van der Waals surface area contributed by atoms with Gasteiger partial charge in [-0.15, -0.1) is 5.10 Å². The van der Waals surface area contributed by atoms with Gasteiger partial charge in [-0.25, -0.2) is 4.39 Å². The van der Waals surface area contributed by atoms with Crippen molar-refractivity contribution in [3.05, 3.63) is 82.9 Å². The number of likely N-dealkylation sites (tertiary alicyclic amines) is 1. The van der Waals surface area contributed by atoms with Crippen molar-refractivity contribution in [2.24, 2.45) is 5.92 Å². The van der Waals surface area contributed by atoms with Gasteiger partial charge in [0.15, 0.2) is 0 Å². The smallest absolute Gasteiger partial charge is 0.243 e. The summed E-state index contributed by atoms with van der Waals surface area (Å²) < 4.78 is 14.8. The van der Waals surface area contributed by atoms with E-state index in [1.165, 1.54) is 12.3 Å². The van der Waals surface area contributed by atoms with E-state index in [4.69, 9.17) is 0 Å². The molecule has 2 fully saturated rings. The zero-order chi connectivity index (χ0) is 23.8. The van der Waals surface area contributed by atoms with E-state index in [1.807, 2.05) is 50.2 Å². The van der Waals surface area contributed by atoms with Crippen molar-refractivity contribution < 1.29 is 14.0 Å². The van der Waals surface area contributed by atoms with Crippen LogP contribution in [0.4, 0.5) is 4.39 Å². The zero-order valence-corrected chi connectivity index (χ0v) is 19.2. The Balaban J connectivity index is 1.39. The summed E-state index contributed by atoms with van der Waals surface area (Å²) in [4.78, 5) is 28.3. The predicted molar refractivity (Wildman–Crippen MR) is 124 cm³/mol. The number of amides is 2. The number of fused-ring (bicyclic) bond motifs is 1. The van der Waals surface area contributed by atoms with Gasteiger partial charge in [0.2, 0.25) is 11.8 Å². The Hall–Kier alpha value is -3.55. The van der Waals surface area contributed by atoms with Crippen LogP contribution in [0.25, 0.3) is 0 Å². The van der Waals surface area contributed by atoms with Crippen LogP contribution in [0.2, 0.25) is 0 Å². The molecule has 4 atom stereocenters. The highest BCUT2D eigenvalue weighted by Gasteiger charge is 2.56. The molecule has 0 spiro atoms. The molecular weight excluding hydrogens is 433 g/mol. The number of aromatic nitrogens is 3. The zero-order valence-electron chi connectivity index (χ0n) is 19.2. The lowest BCUT2D eigenvalue weighted by Crippen LogP contribution is -2.49. The quantitative estimate of drug-likeness (QED) is 0.563. The summed E-state index contributed by atoms with van der Waals surface area (Å²) in [7, 11) is 0. The molecule has 3 aromatic rings. The molecule has 2 amide bonds. The number of hydrogen-bond donors (Lipinski definition) is 2. The van der Waals surface area contributed by atoms with Crippen molar-refractivity contribution in [2.75, 3.05) is 0 Å². The van der Waals surface area contributed by atoms with Gasteiger partial charge >= 0.3 is 0 Å². The van der Waals surface area contributed by atoms with Gasteiger partial charge in [-0.3, -0.25) is 14.7 Å². The molecule has 1 saturated heterocycles. The van der Waals surface area contributed by atoms with Crippen LogP contribution in [-0.2, 0) is 16.0 Å². The number of halogens is 1. The maximum Gasteiger partial charge on any atom is 0.243 e. The van der Waals surface area contributed by atoms with Crippen LogP contribution in [0.15, 0.2) is 54.7 Å². The maximum absolute atomic E-state index is 14.8. The summed E-state index contributed by atoms with van der Waals surface area (Å²) in [6.45, 7) is 3.90. The number of rotatable bonds is 7. The molecule has 2 aromatic carbocycles. The molecule has 2 aliphatic rings. The Morgan fingerprint density at radius 1 is 1.15 bits per heavy atom. The van der Waals surface area contributed by atoms with E-state index >= 15 is 0 Å². The second kappa shape index (κ2) is 9.00. The van der Waals surface area contributed by atoms with E-state index in [0.717, 1.165) is 12.0 Å². The first-order chi connectivity index (χ1) is 16.4. The number of nitrogens with one attached hydrogen (secondary N) is 2. The molecular formula is C26H28FN5O2. The molecule has 0 radical (unpaired) electrons. The van der Waals surface area contributed by atoms with Crippen LogP contribution >= 0.6 is 0 Å². The van der Waals surface area contributed by atoms with Crippen molar-refractivity contribution in [3.63, 3.8) is 0 Å². The normalized spacial score (nSPS) is 21.9. The highest BCUT2D eigenvalue weighted by atomic mass is 19.1. The van der Waals surface area contributed by atoms with Crippen LogP contribution in [0.5, 0.6) is 0 Å². The van der Waals surface area contributed by atoms with Crippen LogP contribution < -0.4 is 5.32 Å². The summed E-state index contributed by atoms with van der Waals surface area (Å²) in [6, 6.07) is 13.7. The Bertz CT molecular complexity index is 1180. The third-order valence-electron chi connectivity index (χ3n) is 6.90. The Kier molecular flexibility index (Phi) is 5.89. The van der Waals surface area contributed by atoms with Crippen molar-refractivity contribution >= 4 is 11.8 Å². The molecule has 8 heteroatoms. The second-order valence-electron chi connectivity index (χ2n) is 9.56. The molecule has 0 bridgehead atoms. The minimum absolute atomic E-state index is 0.0636. The molecule has 5 rings (SSSR count). The molecule has 1 aromatic heterocycles. The van der Waals surface area contributed by atoms with Crippen LogP contribution in [0, 0.1) is 11.7 Å². The number of benzene rings is 2. The third-order valence-corrected chi connectivity index (χ3v) is 6.90. The van der Waals surface area contributed by atoms with Gasteiger partial charge in [0.05, 0.1) is 24.4 Å². The lowest BCUT2D eigenvalue weighted by molar-refractivity contribution is -0.139. The van der Waals surface area contributed by atoms with E-state index in [-0.39, 0.29) is 36.0 Å². The first kappa shape index (κ1) is 22.3. The van der Waals surface area contributed by atoms with Gasteiger partial charge in [0, 0.05) is 6.04 Å². The molecule has 2 N–H and O–H groups in total. The largest absolute Gasteiger partial charge is 0.343 e. The van der Waals surface area contributed by atoms with E-state index in [0.29, 0.717) is 29.2 Å². The molecule has 2 heterocycles. The molecule has 1 aliphatic heterocycles.